The molecule has 116 valence electrons. The van der Waals surface area contributed by atoms with Crippen LogP contribution < -0.4 is 5.32 Å². The molecule has 0 saturated carbocycles. The van der Waals surface area contributed by atoms with Crippen LogP contribution in [0.25, 0.3) is 0 Å². The van der Waals surface area contributed by atoms with Gasteiger partial charge in [-0.2, -0.15) is 0 Å². The van der Waals surface area contributed by atoms with Crippen LogP contribution in [0.15, 0.2) is 30.3 Å². The van der Waals surface area contributed by atoms with E-state index in [1.165, 1.54) is 0 Å². The number of cyclic esters (lactones) is 1. The van der Waals surface area contributed by atoms with Crippen LogP contribution in [0.3, 0.4) is 0 Å². The van der Waals surface area contributed by atoms with Crippen LogP contribution in [-0.2, 0) is 16.1 Å². The van der Waals surface area contributed by atoms with Crippen LogP contribution >= 0.6 is 0 Å². The molecule has 0 radical (unpaired) electrons. The highest BCUT2D eigenvalue weighted by Gasteiger charge is 2.44. The third-order valence-electron chi connectivity index (χ3n) is 3.88. The van der Waals surface area contributed by atoms with Crippen molar-refractivity contribution in [3.05, 3.63) is 35.9 Å². The second-order valence-corrected chi connectivity index (χ2v) is 5.60. The maximum absolute atomic E-state index is 11.2. The average Bonchev–Trinajstić information content (AvgIpc) is 2.92. The minimum absolute atomic E-state index is 0.167. The topological polar surface area (TPSA) is 67.8 Å². The van der Waals surface area contributed by atoms with Gasteiger partial charge in [0.2, 0.25) is 0 Å². The number of amides is 1. The van der Waals surface area contributed by atoms with Gasteiger partial charge in [0.1, 0.15) is 12.2 Å². The Kier molecular flexibility index (Phi) is 5.20. The molecule has 1 aliphatic rings. The van der Waals surface area contributed by atoms with Crippen molar-refractivity contribution in [3.63, 3.8) is 0 Å². The number of alkyl carbamates (subject to hydrolysis) is 1. The predicted octanol–water partition coefficient (Wildman–Crippen LogP) is 2.23. The zero-order valence-corrected chi connectivity index (χ0v) is 12.5. The lowest BCUT2D eigenvalue weighted by atomic mass is 9.88. The third-order valence-corrected chi connectivity index (χ3v) is 3.88. The Morgan fingerprint density at radius 3 is 2.76 bits per heavy atom. The van der Waals surface area contributed by atoms with Crippen LogP contribution in [0.2, 0.25) is 0 Å². The first-order valence-corrected chi connectivity index (χ1v) is 7.35. The van der Waals surface area contributed by atoms with Crippen molar-refractivity contribution in [1.82, 2.24) is 5.32 Å². The highest BCUT2D eigenvalue weighted by molar-refractivity contribution is 5.69. The summed E-state index contributed by atoms with van der Waals surface area (Å²) in [5, 5.41) is 13.4. The Labute approximate surface area is 125 Å². The molecule has 1 saturated heterocycles. The van der Waals surface area contributed by atoms with E-state index in [-0.39, 0.29) is 12.7 Å². The van der Waals surface area contributed by atoms with E-state index in [1.54, 1.807) is 6.92 Å². The van der Waals surface area contributed by atoms with E-state index in [0.717, 1.165) is 12.0 Å². The molecule has 2 N–H and O–H groups in total. The molecule has 5 nitrogen and oxygen atoms in total. The summed E-state index contributed by atoms with van der Waals surface area (Å²) >= 11 is 0. The average molecular weight is 293 g/mol. The fourth-order valence-electron chi connectivity index (χ4n) is 2.50. The summed E-state index contributed by atoms with van der Waals surface area (Å²) in [7, 11) is 0. The summed E-state index contributed by atoms with van der Waals surface area (Å²) in [6.45, 7) is 4.33. The van der Waals surface area contributed by atoms with Crippen molar-refractivity contribution in [1.29, 1.82) is 0 Å². The Morgan fingerprint density at radius 2 is 2.19 bits per heavy atom. The molecule has 1 amide bonds. The summed E-state index contributed by atoms with van der Waals surface area (Å²) in [5.41, 5.74) is -0.113. The summed E-state index contributed by atoms with van der Waals surface area (Å²) in [4.78, 5) is 11.2. The lowest BCUT2D eigenvalue weighted by Crippen LogP contribution is -2.56. The van der Waals surface area contributed by atoms with E-state index in [4.69, 9.17) is 9.47 Å². The van der Waals surface area contributed by atoms with Crippen molar-refractivity contribution in [2.24, 2.45) is 0 Å². The van der Waals surface area contributed by atoms with Gasteiger partial charge in [0.15, 0.2) is 0 Å². The molecule has 1 aliphatic heterocycles. The molecule has 0 aliphatic carbocycles. The molecule has 21 heavy (non-hydrogen) atoms. The first-order valence-electron chi connectivity index (χ1n) is 7.35. The van der Waals surface area contributed by atoms with Crippen LogP contribution in [0.1, 0.15) is 32.3 Å². The second kappa shape index (κ2) is 6.91. The molecule has 3 atom stereocenters. The molecular formula is C16H23NO4. The zero-order valence-electron chi connectivity index (χ0n) is 12.5. The molecule has 1 aromatic rings. The first kappa shape index (κ1) is 15.8. The van der Waals surface area contributed by atoms with E-state index in [1.807, 2.05) is 37.3 Å². The zero-order chi connectivity index (χ0) is 15.3. The van der Waals surface area contributed by atoms with Gasteiger partial charge in [-0.3, -0.25) is 0 Å². The van der Waals surface area contributed by atoms with Crippen molar-refractivity contribution in [2.75, 3.05) is 6.61 Å². The number of ether oxygens (including phenoxy) is 2. The number of carbonyl (C=O) groups excluding carboxylic acids is 1. The van der Waals surface area contributed by atoms with Gasteiger partial charge in [-0.1, -0.05) is 43.7 Å². The normalized spacial score (nSPS) is 22.2. The van der Waals surface area contributed by atoms with Gasteiger partial charge < -0.3 is 19.9 Å². The molecule has 1 fully saturated rings. The highest BCUT2D eigenvalue weighted by Crippen LogP contribution is 2.25. The highest BCUT2D eigenvalue weighted by atomic mass is 16.6. The number of benzene rings is 1. The van der Waals surface area contributed by atoms with E-state index in [0.29, 0.717) is 13.0 Å². The van der Waals surface area contributed by atoms with Gasteiger partial charge in [-0.25, -0.2) is 4.79 Å². The Morgan fingerprint density at radius 1 is 1.48 bits per heavy atom. The van der Waals surface area contributed by atoms with Crippen molar-refractivity contribution in [3.8, 4) is 0 Å². The molecular weight excluding hydrogens is 270 g/mol. The van der Waals surface area contributed by atoms with Gasteiger partial charge in [-0.05, 0) is 18.9 Å². The number of aliphatic hydroxyl groups is 1. The number of nitrogens with one attached hydrogen (secondary N) is 1. The van der Waals surface area contributed by atoms with Gasteiger partial charge >= 0.3 is 6.09 Å². The van der Waals surface area contributed by atoms with Crippen molar-refractivity contribution < 1.29 is 19.4 Å². The first-order chi connectivity index (χ1) is 10.0. The fraction of sp³-hybridized carbons (Fsp3) is 0.562. The van der Waals surface area contributed by atoms with Crippen LogP contribution in [0, 0.1) is 0 Å². The molecule has 0 aromatic heterocycles. The maximum atomic E-state index is 11.2. The third kappa shape index (κ3) is 3.95. The number of rotatable bonds is 7. The number of hydrogen-bond acceptors (Lipinski definition) is 4. The molecule has 0 spiro atoms. The molecule has 2 rings (SSSR count). The Balaban J connectivity index is 2.01. The predicted molar refractivity (Wildman–Crippen MR) is 78.8 cm³/mol. The molecule has 1 heterocycles. The van der Waals surface area contributed by atoms with Crippen LogP contribution in [0.4, 0.5) is 4.79 Å². The smallest absolute Gasteiger partial charge is 0.407 e. The second-order valence-electron chi connectivity index (χ2n) is 5.60. The van der Waals surface area contributed by atoms with E-state index in [2.05, 4.69) is 5.32 Å². The van der Waals surface area contributed by atoms with Gasteiger partial charge in [0.05, 0.1) is 18.8 Å². The van der Waals surface area contributed by atoms with E-state index < -0.39 is 17.7 Å². The van der Waals surface area contributed by atoms with Crippen molar-refractivity contribution >= 4 is 6.09 Å². The summed E-state index contributed by atoms with van der Waals surface area (Å²) in [5.74, 6) is 0. The van der Waals surface area contributed by atoms with Gasteiger partial charge in [-0.15, -0.1) is 0 Å². The molecule has 0 unspecified atom stereocenters. The summed E-state index contributed by atoms with van der Waals surface area (Å²) in [6.07, 6.45) is 0.747. The molecule has 0 bridgehead atoms. The van der Waals surface area contributed by atoms with Gasteiger partial charge in [0.25, 0.3) is 0 Å². The maximum Gasteiger partial charge on any atom is 0.407 e. The Hall–Kier alpha value is -1.59. The molecule has 5 heteroatoms. The number of carbonyl (C=O) groups is 1. The lowest BCUT2D eigenvalue weighted by molar-refractivity contribution is -0.124. The largest absolute Gasteiger partial charge is 0.447 e. The minimum Gasteiger partial charge on any atom is -0.447 e. The lowest BCUT2D eigenvalue weighted by Gasteiger charge is -2.36. The van der Waals surface area contributed by atoms with E-state index in [9.17, 15) is 9.90 Å². The summed E-state index contributed by atoms with van der Waals surface area (Å²) in [6, 6.07) is 9.38. The SMILES string of the molecule is CCC[C@@H](OCc1ccccc1)[C@@](C)(O)[C@H]1COC(=O)N1. The fourth-order valence-corrected chi connectivity index (χ4v) is 2.50. The van der Waals surface area contributed by atoms with Crippen LogP contribution in [0.5, 0.6) is 0 Å². The summed E-state index contributed by atoms with van der Waals surface area (Å²) < 4.78 is 10.8. The van der Waals surface area contributed by atoms with Gasteiger partial charge in [0, 0.05) is 0 Å². The van der Waals surface area contributed by atoms with Crippen LogP contribution in [-0.4, -0.2) is 35.6 Å². The van der Waals surface area contributed by atoms with E-state index >= 15 is 0 Å². The monoisotopic (exact) mass is 293 g/mol. The number of hydrogen-bond donors (Lipinski definition) is 2. The minimum atomic E-state index is -1.17. The standard InChI is InChI=1S/C16H23NO4/c1-3-7-14(20-10-12-8-5-4-6-9-12)16(2,19)13-11-21-15(18)17-13/h4-6,8-9,13-14,19H,3,7,10-11H2,1-2H3,(H,17,18)/t13-,14-,16+/m1/s1. The van der Waals surface area contributed by atoms with Crippen molar-refractivity contribution in [2.45, 2.75) is 51.0 Å². The Bertz CT molecular complexity index is 461. The quantitative estimate of drug-likeness (QED) is 0.809. The molecule has 1 aromatic carbocycles.